The summed E-state index contributed by atoms with van der Waals surface area (Å²) in [5, 5.41) is 7.63. The van der Waals surface area contributed by atoms with Gasteiger partial charge in [-0.1, -0.05) is 0 Å². The number of primary sulfonamides is 1. The van der Waals surface area contributed by atoms with Gasteiger partial charge in [0.2, 0.25) is 10.0 Å². The van der Waals surface area contributed by atoms with E-state index in [9.17, 15) is 18.0 Å². The van der Waals surface area contributed by atoms with Crippen LogP contribution < -0.4 is 20.1 Å². The van der Waals surface area contributed by atoms with Crippen molar-refractivity contribution in [1.82, 2.24) is 10.2 Å². The van der Waals surface area contributed by atoms with Crippen molar-refractivity contribution in [2.45, 2.75) is 6.10 Å². The number of methoxy groups -OCH3 is 1. The number of carbonyl (C=O) groups is 2. The molecule has 0 spiro atoms. The summed E-state index contributed by atoms with van der Waals surface area (Å²) in [5.41, 5.74) is 0.980. The smallest absolute Gasteiger partial charge is 0.322 e. The predicted octanol–water partition coefficient (Wildman–Crippen LogP) is -0.646. The van der Waals surface area contributed by atoms with Gasteiger partial charge in [0.15, 0.2) is 0 Å². The van der Waals surface area contributed by atoms with E-state index in [-0.39, 0.29) is 30.4 Å². The summed E-state index contributed by atoms with van der Waals surface area (Å²) in [6.07, 6.45) is -0.210. The number of rotatable bonds is 7. The highest BCUT2D eigenvalue weighted by Crippen LogP contribution is 2.31. The molecule has 0 atom stereocenters. The van der Waals surface area contributed by atoms with Gasteiger partial charge in [0.1, 0.15) is 5.75 Å². The fourth-order valence-corrected chi connectivity index (χ4v) is 3.29. The molecule has 0 aromatic heterocycles. The molecule has 3 rings (SSSR count). The second-order valence-electron chi connectivity index (χ2n) is 6.34. The van der Waals surface area contributed by atoms with Crippen molar-refractivity contribution in [3.8, 4) is 5.75 Å². The molecule has 2 fully saturated rings. The Balaban J connectivity index is 1.62. The molecule has 2 aliphatic heterocycles. The average molecular weight is 398 g/mol. The number of amides is 3. The summed E-state index contributed by atoms with van der Waals surface area (Å²) >= 11 is 0. The van der Waals surface area contributed by atoms with Gasteiger partial charge in [0.05, 0.1) is 31.3 Å². The fourth-order valence-electron chi connectivity index (χ4n) is 2.96. The Morgan fingerprint density at radius 1 is 1.37 bits per heavy atom. The van der Waals surface area contributed by atoms with Crippen molar-refractivity contribution < 1.29 is 27.5 Å². The quantitative estimate of drug-likeness (QED) is 0.628. The lowest BCUT2D eigenvalue weighted by molar-refractivity contribution is -0.0371. The molecule has 3 amide bonds. The van der Waals surface area contributed by atoms with Gasteiger partial charge in [0, 0.05) is 31.7 Å². The van der Waals surface area contributed by atoms with Gasteiger partial charge in [-0.3, -0.25) is 9.69 Å². The van der Waals surface area contributed by atoms with Gasteiger partial charge in [0.25, 0.3) is 5.91 Å². The van der Waals surface area contributed by atoms with E-state index in [1.54, 1.807) is 23.1 Å². The summed E-state index contributed by atoms with van der Waals surface area (Å²) in [6, 6.07) is 4.72. The minimum Gasteiger partial charge on any atom is -0.495 e. The van der Waals surface area contributed by atoms with Crippen LogP contribution in [-0.4, -0.2) is 77.0 Å². The normalized spacial score (nSPS) is 17.6. The highest BCUT2D eigenvalue weighted by Gasteiger charge is 2.33. The zero-order valence-corrected chi connectivity index (χ0v) is 15.7. The zero-order chi connectivity index (χ0) is 19.6. The van der Waals surface area contributed by atoms with E-state index in [2.05, 4.69) is 5.32 Å². The van der Waals surface area contributed by atoms with Gasteiger partial charge in [-0.25, -0.2) is 18.4 Å². The number of nitrogens with zero attached hydrogens (tertiary/aromatic N) is 2. The molecule has 1 aromatic carbocycles. The van der Waals surface area contributed by atoms with Crippen molar-refractivity contribution in [2.75, 3.05) is 50.5 Å². The standard InChI is InChI=1S/C16H22N4O6S/c1-25-14-3-2-11(8-13(14)20-5-4-18-16(20)22)15(21)19-9-12(10-19)26-6-7-27(17,23)24/h2-3,8,12H,4-7,9-10H2,1H3,(H,18,22)(H2,17,23,24). The zero-order valence-electron chi connectivity index (χ0n) is 14.9. The minimum atomic E-state index is -3.56. The Kier molecular flexibility index (Phi) is 5.53. The summed E-state index contributed by atoms with van der Waals surface area (Å²) in [5.74, 6) is 0.0678. The SMILES string of the molecule is COc1ccc(C(=O)N2CC(OCCS(N)(=O)=O)C2)cc1N1CCNC1=O. The van der Waals surface area contributed by atoms with Gasteiger partial charge in [-0.2, -0.15) is 0 Å². The van der Waals surface area contributed by atoms with Crippen LogP contribution in [-0.2, 0) is 14.8 Å². The van der Waals surface area contributed by atoms with E-state index in [0.29, 0.717) is 43.2 Å². The first kappa shape index (κ1) is 19.4. The molecule has 0 unspecified atom stereocenters. The van der Waals surface area contributed by atoms with Crippen molar-refractivity contribution in [1.29, 1.82) is 0 Å². The minimum absolute atomic E-state index is 0.00227. The van der Waals surface area contributed by atoms with Crippen LogP contribution in [0, 0.1) is 0 Å². The van der Waals surface area contributed by atoms with Crippen LogP contribution in [0.15, 0.2) is 18.2 Å². The third-order valence-corrected chi connectivity index (χ3v) is 5.17. The molecule has 11 heteroatoms. The van der Waals surface area contributed by atoms with Crippen LogP contribution in [0.25, 0.3) is 0 Å². The maximum absolute atomic E-state index is 12.6. The maximum atomic E-state index is 12.6. The molecule has 0 radical (unpaired) electrons. The van der Waals surface area contributed by atoms with Crippen molar-refractivity contribution in [3.63, 3.8) is 0 Å². The number of sulfonamides is 1. The van der Waals surface area contributed by atoms with Gasteiger partial charge in [-0.15, -0.1) is 0 Å². The lowest BCUT2D eigenvalue weighted by atomic mass is 10.1. The lowest BCUT2D eigenvalue weighted by Gasteiger charge is -2.39. The molecule has 2 heterocycles. The molecule has 1 aromatic rings. The van der Waals surface area contributed by atoms with E-state index in [0.717, 1.165) is 0 Å². The number of nitrogens with two attached hydrogens (primary N) is 1. The highest BCUT2D eigenvalue weighted by molar-refractivity contribution is 7.89. The highest BCUT2D eigenvalue weighted by atomic mass is 32.2. The first-order chi connectivity index (χ1) is 12.8. The number of hydrogen-bond donors (Lipinski definition) is 2. The molecule has 0 saturated carbocycles. The summed E-state index contributed by atoms with van der Waals surface area (Å²) in [7, 11) is -2.05. The summed E-state index contributed by atoms with van der Waals surface area (Å²) in [6.45, 7) is 1.77. The molecule has 2 aliphatic rings. The molecular weight excluding hydrogens is 376 g/mol. The maximum Gasteiger partial charge on any atom is 0.322 e. The third-order valence-electron chi connectivity index (χ3n) is 4.43. The Bertz CT molecular complexity index is 837. The summed E-state index contributed by atoms with van der Waals surface area (Å²) < 4.78 is 32.5. The molecule has 3 N–H and O–H groups in total. The molecule has 2 saturated heterocycles. The van der Waals surface area contributed by atoms with Crippen LogP contribution in [0.4, 0.5) is 10.5 Å². The number of nitrogens with one attached hydrogen (secondary N) is 1. The Labute approximate surface area is 157 Å². The molecule has 0 aliphatic carbocycles. The number of urea groups is 1. The fraction of sp³-hybridized carbons (Fsp3) is 0.500. The van der Waals surface area contributed by atoms with E-state index < -0.39 is 10.0 Å². The van der Waals surface area contributed by atoms with E-state index in [4.69, 9.17) is 14.6 Å². The predicted molar refractivity (Wildman–Crippen MR) is 97.4 cm³/mol. The van der Waals surface area contributed by atoms with Crippen molar-refractivity contribution >= 4 is 27.6 Å². The molecular formula is C16H22N4O6S. The number of benzene rings is 1. The van der Waals surface area contributed by atoms with E-state index >= 15 is 0 Å². The lowest BCUT2D eigenvalue weighted by Crippen LogP contribution is -2.55. The van der Waals surface area contributed by atoms with Crippen LogP contribution in [0.3, 0.4) is 0 Å². The Morgan fingerprint density at radius 3 is 2.70 bits per heavy atom. The van der Waals surface area contributed by atoms with E-state index in [1.165, 1.54) is 12.0 Å². The second-order valence-corrected chi connectivity index (χ2v) is 8.07. The van der Waals surface area contributed by atoms with Crippen LogP contribution in [0.1, 0.15) is 10.4 Å². The number of carbonyl (C=O) groups excluding carboxylic acids is 2. The number of hydrogen-bond acceptors (Lipinski definition) is 6. The van der Waals surface area contributed by atoms with E-state index in [1.807, 2.05) is 0 Å². The largest absolute Gasteiger partial charge is 0.495 e. The van der Waals surface area contributed by atoms with Crippen LogP contribution in [0.2, 0.25) is 0 Å². The van der Waals surface area contributed by atoms with Crippen molar-refractivity contribution in [3.05, 3.63) is 23.8 Å². The monoisotopic (exact) mass is 398 g/mol. The Morgan fingerprint density at radius 2 is 2.11 bits per heavy atom. The number of ether oxygens (including phenoxy) is 2. The summed E-state index contributed by atoms with van der Waals surface area (Å²) in [4.78, 5) is 27.7. The molecule has 10 nitrogen and oxygen atoms in total. The van der Waals surface area contributed by atoms with Crippen molar-refractivity contribution in [2.24, 2.45) is 5.14 Å². The van der Waals surface area contributed by atoms with Gasteiger partial charge in [-0.05, 0) is 18.2 Å². The first-order valence-corrected chi connectivity index (χ1v) is 10.1. The molecule has 148 valence electrons. The van der Waals surface area contributed by atoms with Crippen LogP contribution >= 0.6 is 0 Å². The third kappa shape index (κ3) is 4.49. The topological polar surface area (TPSA) is 131 Å². The Hall–Kier alpha value is -2.37. The number of anilines is 1. The van der Waals surface area contributed by atoms with Crippen LogP contribution in [0.5, 0.6) is 5.75 Å². The first-order valence-electron chi connectivity index (χ1n) is 8.43. The number of likely N-dealkylation sites (tertiary alicyclic amines) is 1. The average Bonchev–Trinajstić information content (AvgIpc) is 3.00. The van der Waals surface area contributed by atoms with Gasteiger partial charge < -0.3 is 19.7 Å². The second kappa shape index (κ2) is 7.71. The molecule has 0 bridgehead atoms. The van der Waals surface area contributed by atoms with Gasteiger partial charge >= 0.3 is 6.03 Å². The molecule has 27 heavy (non-hydrogen) atoms.